The first-order valence-electron chi connectivity index (χ1n) is 22.8. The highest BCUT2D eigenvalue weighted by Crippen LogP contribution is 2.43. The van der Waals surface area contributed by atoms with E-state index >= 15 is 0 Å². The van der Waals surface area contributed by atoms with Crippen molar-refractivity contribution in [2.24, 2.45) is 11.5 Å². The van der Waals surface area contributed by atoms with Crippen LogP contribution >= 0.6 is 7.82 Å². The molecule has 0 radical (unpaired) electrons. The summed E-state index contributed by atoms with van der Waals surface area (Å²) in [6, 6.07) is 0. The average Bonchev–Trinajstić information content (AvgIpc) is 3.13. The lowest BCUT2D eigenvalue weighted by Gasteiger charge is -2.24. The van der Waals surface area contributed by atoms with Crippen LogP contribution in [0.5, 0.6) is 0 Å². The number of carbonyl (C=O) groups excluding carboxylic acids is 4. The van der Waals surface area contributed by atoms with Crippen molar-refractivity contribution in [1.29, 1.82) is 0 Å². The Labute approximate surface area is 357 Å². The van der Waals surface area contributed by atoms with E-state index in [1.807, 2.05) is 0 Å². The van der Waals surface area contributed by atoms with Crippen LogP contribution in [0.4, 0.5) is 0 Å². The zero-order valence-electron chi connectivity index (χ0n) is 37.9. The fourth-order valence-electron chi connectivity index (χ4n) is 6.20. The number of nitrogens with two attached hydrogens (primary N) is 2. The van der Waals surface area contributed by atoms with Crippen LogP contribution in [0.1, 0.15) is 208 Å². The summed E-state index contributed by atoms with van der Waals surface area (Å²) in [6.45, 7) is 8.80. The number of rotatable bonds is 40. The van der Waals surface area contributed by atoms with E-state index in [4.69, 9.17) is 39.5 Å². The minimum atomic E-state index is -4.85. The summed E-state index contributed by atoms with van der Waals surface area (Å²) in [5, 5.41) is 0. The van der Waals surface area contributed by atoms with Crippen LogP contribution in [0.15, 0.2) is 0 Å². The molecular formula is C44H85N2O12P. The summed E-state index contributed by atoms with van der Waals surface area (Å²) in [4.78, 5) is 60.7. The highest BCUT2D eigenvalue weighted by molar-refractivity contribution is 7.47. The molecule has 3 unspecified atom stereocenters. The first-order valence-corrected chi connectivity index (χ1v) is 24.2. The predicted octanol–water partition coefficient (Wildman–Crippen LogP) is 9.69. The summed E-state index contributed by atoms with van der Waals surface area (Å²) in [6.07, 6.45) is 22.6. The molecule has 0 rings (SSSR count). The van der Waals surface area contributed by atoms with Gasteiger partial charge in [-0.05, 0) is 40.5 Å². The number of hydrogen-bond donors (Lipinski definition) is 3. The molecule has 0 saturated carbocycles. The van der Waals surface area contributed by atoms with Gasteiger partial charge in [0.05, 0.1) is 26.1 Å². The molecule has 0 fully saturated rings. The number of esters is 4. The van der Waals surface area contributed by atoms with Crippen LogP contribution in [-0.4, -0.2) is 78.5 Å². The quantitative estimate of drug-likeness (QED) is 0.0226. The maximum Gasteiger partial charge on any atom is 0.472 e. The van der Waals surface area contributed by atoms with Gasteiger partial charge in [0.15, 0.2) is 12.2 Å². The highest BCUT2D eigenvalue weighted by atomic mass is 31.2. The fourth-order valence-corrected chi connectivity index (χ4v) is 6.99. The Morgan fingerprint density at radius 1 is 0.475 bits per heavy atom. The number of unbranched alkanes of at least 4 members (excludes halogenated alkanes) is 20. The van der Waals surface area contributed by atoms with E-state index in [9.17, 15) is 28.6 Å². The van der Waals surface area contributed by atoms with E-state index in [1.165, 1.54) is 89.9 Å². The zero-order valence-corrected chi connectivity index (χ0v) is 38.8. The molecule has 0 amide bonds. The van der Waals surface area contributed by atoms with E-state index in [0.717, 1.165) is 38.5 Å². The Morgan fingerprint density at radius 3 is 1.15 bits per heavy atom. The van der Waals surface area contributed by atoms with Crippen molar-refractivity contribution in [1.82, 2.24) is 0 Å². The van der Waals surface area contributed by atoms with Crippen molar-refractivity contribution >= 4 is 31.7 Å². The minimum absolute atomic E-state index is 0.130. The number of hydrogen-bond acceptors (Lipinski definition) is 13. The molecule has 14 nitrogen and oxygen atoms in total. The molecule has 0 saturated heterocycles. The Morgan fingerprint density at radius 2 is 0.780 bits per heavy atom. The number of ether oxygens (including phenoxy) is 4. The van der Waals surface area contributed by atoms with E-state index in [1.54, 1.807) is 27.7 Å². The Kier molecular flexibility index (Phi) is 33.3. The molecule has 0 bridgehead atoms. The summed E-state index contributed by atoms with van der Waals surface area (Å²) < 4.78 is 44.8. The lowest BCUT2D eigenvalue weighted by molar-refractivity contribution is -0.163. The second kappa shape index (κ2) is 34.5. The average molecular weight is 865 g/mol. The SMILES string of the molecule is CCCCCCCCCCCCCC(=O)OCC(COP(=O)(O)OCC(COC(=O)CC(C)(C)N)OC(=O)CC(C)(C)N)OC(=O)CCCCCCCCCCCCC. The first-order chi connectivity index (χ1) is 27.9. The fraction of sp³-hybridized carbons (Fsp3) is 0.909. The van der Waals surface area contributed by atoms with Gasteiger partial charge in [-0.2, -0.15) is 0 Å². The van der Waals surface area contributed by atoms with Gasteiger partial charge < -0.3 is 35.3 Å². The van der Waals surface area contributed by atoms with Gasteiger partial charge in [0.2, 0.25) is 0 Å². The van der Waals surface area contributed by atoms with Gasteiger partial charge in [-0.25, -0.2) is 4.57 Å². The lowest BCUT2D eigenvalue weighted by Crippen LogP contribution is -2.39. The van der Waals surface area contributed by atoms with E-state index in [0.29, 0.717) is 12.8 Å². The monoisotopic (exact) mass is 865 g/mol. The first kappa shape index (κ1) is 56.9. The summed E-state index contributed by atoms with van der Waals surface area (Å²) in [7, 11) is -4.85. The van der Waals surface area contributed by atoms with Gasteiger partial charge >= 0.3 is 31.7 Å². The van der Waals surface area contributed by atoms with E-state index in [2.05, 4.69) is 13.8 Å². The van der Waals surface area contributed by atoms with E-state index < -0.39 is 74.8 Å². The zero-order chi connectivity index (χ0) is 44.4. The van der Waals surface area contributed by atoms with Gasteiger partial charge in [0.25, 0.3) is 0 Å². The standard InChI is InChI=1S/C44H85N2O12P/c1-7-9-11-13-15-17-19-21-23-25-27-29-39(47)53-33-37(57-40(48)30-28-26-24-22-20-18-16-14-12-10-8-2)35-55-59(51,52)56-36-38(58-42(50)32-44(5,6)46)34-54-41(49)31-43(3,4)45/h37-38H,7-36,45-46H2,1-6H3,(H,51,52). The second-order valence-corrected chi connectivity index (χ2v) is 19.0. The molecule has 0 aliphatic carbocycles. The van der Waals surface area contributed by atoms with Crippen LogP contribution in [-0.2, 0) is 51.7 Å². The second-order valence-electron chi connectivity index (χ2n) is 17.6. The topological polar surface area (TPSA) is 213 Å². The van der Waals surface area contributed by atoms with Crippen LogP contribution in [0.2, 0.25) is 0 Å². The molecule has 348 valence electrons. The normalized spacial score (nSPS) is 14.0. The Balaban J connectivity index is 5.16. The lowest BCUT2D eigenvalue weighted by atomic mass is 10.0. The maximum atomic E-state index is 13.0. The summed E-state index contributed by atoms with van der Waals surface area (Å²) in [5.41, 5.74) is 10.1. The third kappa shape index (κ3) is 39.8. The molecule has 15 heteroatoms. The van der Waals surface area contributed by atoms with Crippen molar-refractivity contribution in [3.63, 3.8) is 0 Å². The van der Waals surface area contributed by atoms with Gasteiger partial charge in [0.1, 0.15) is 13.2 Å². The summed E-state index contributed by atoms with van der Waals surface area (Å²) in [5.74, 6) is -2.41. The Hall–Kier alpha value is -2.09. The van der Waals surface area contributed by atoms with E-state index in [-0.39, 0.29) is 32.3 Å². The van der Waals surface area contributed by atoms with Crippen LogP contribution in [0.3, 0.4) is 0 Å². The molecule has 0 aromatic heterocycles. The van der Waals surface area contributed by atoms with Crippen LogP contribution in [0, 0.1) is 0 Å². The Bertz CT molecular complexity index is 1160. The van der Waals surface area contributed by atoms with Crippen molar-refractivity contribution in [2.75, 3.05) is 26.4 Å². The van der Waals surface area contributed by atoms with Crippen molar-refractivity contribution in [3.05, 3.63) is 0 Å². The van der Waals surface area contributed by atoms with Crippen molar-refractivity contribution in [3.8, 4) is 0 Å². The number of carbonyl (C=O) groups is 4. The van der Waals surface area contributed by atoms with Gasteiger partial charge in [-0.15, -0.1) is 0 Å². The molecule has 0 aliphatic heterocycles. The molecule has 0 aromatic rings. The van der Waals surface area contributed by atoms with Gasteiger partial charge in [-0.1, -0.05) is 142 Å². The molecule has 59 heavy (non-hydrogen) atoms. The van der Waals surface area contributed by atoms with Crippen molar-refractivity contribution < 1.29 is 56.6 Å². The van der Waals surface area contributed by atoms with Gasteiger partial charge in [-0.3, -0.25) is 28.2 Å². The van der Waals surface area contributed by atoms with Crippen molar-refractivity contribution in [2.45, 2.75) is 232 Å². The molecule has 0 aliphatic rings. The third-order valence-electron chi connectivity index (χ3n) is 9.47. The highest BCUT2D eigenvalue weighted by Gasteiger charge is 2.30. The molecule has 0 spiro atoms. The maximum absolute atomic E-state index is 13.0. The van der Waals surface area contributed by atoms with Crippen LogP contribution in [0.25, 0.3) is 0 Å². The molecular weight excluding hydrogens is 779 g/mol. The largest absolute Gasteiger partial charge is 0.472 e. The molecule has 0 heterocycles. The van der Waals surface area contributed by atoms with Gasteiger partial charge in [0, 0.05) is 23.9 Å². The number of phosphoric acid groups is 1. The van der Waals surface area contributed by atoms with Crippen LogP contribution < -0.4 is 11.5 Å². The third-order valence-corrected chi connectivity index (χ3v) is 10.4. The molecule has 0 aromatic carbocycles. The molecule has 3 atom stereocenters. The number of phosphoric ester groups is 1. The molecule has 5 N–H and O–H groups in total. The predicted molar refractivity (Wildman–Crippen MR) is 231 cm³/mol. The summed E-state index contributed by atoms with van der Waals surface area (Å²) >= 11 is 0. The smallest absolute Gasteiger partial charge is 0.462 e. The minimum Gasteiger partial charge on any atom is -0.462 e.